The van der Waals surface area contributed by atoms with Gasteiger partial charge in [-0.2, -0.15) is 0 Å². The molecule has 2 aromatic carbocycles. The quantitative estimate of drug-likeness (QED) is 0.724. The molecule has 0 aliphatic carbocycles. The summed E-state index contributed by atoms with van der Waals surface area (Å²) >= 11 is 0. The predicted octanol–water partition coefficient (Wildman–Crippen LogP) is 4.07. The highest BCUT2D eigenvalue weighted by Crippen LogP contribution is 2.26. The molecule has 1 heteroatoms. The van der Waals surface area contributed by atoms with Crippen LogP contribution in [0.4, 0.5) is 5.69 Å². The van der Waals surface area contributed by atoms with Gasteiger partial charge in [0.1, 0.15) is 0 Å². The predicted molar refractivity (Wildman–Crippen MR) is 79.3 cm³/mol. The van der Waals surface area contributed by atoms with E-state index < -0.39 is 0 Å². The van der Waals surface area contributed by atoms with Crippen LogP contribution in [0, 0.1) is 0 Å². The highest BCUT2D eigenvalue weighted by atomic mass is 15.1. The molecule has 92 valence electrons. The lowest BCUT2D eigenvalue weighted by atomic mass is 9.91. The number of hydrogen-bond donors (Lipinski definition) is 0. The molecule has 0 heterocycles. The van der Waals surface area contributed by atoms with Crippen LogP contribution in [0.3, 0.4) is 0 Å². The molecule has 0 aromatic heterocycles. The van der Waals surface area contributed by atoms with Gasteiger partial charge in [-0.05, 0) is 23.3 Å². The summed E-state index contributed by atoms with van der Waals surface area (Å²) in [4.78, 5) is 2.11. The van der Waals surface area contributed by atoms with Crippen molar-refractivity contribution in [3.05, 3.63) is 78.4 Å². The van der Waals surface area contributed by atoms with Gasteiger partial charge in [0.15, 0.2) is 0 Å². The minimum absolute atomic E-state index is 0.266. The Bertz CT molecular complexity index is 497. The second kappa shape index (κ2) is 5.54. The third kappa shape index (κ3) is 2.62. The Hall–Kier alpha value is -2.02. The molecule has 0 bridgehead atoms. The second-order valence-corrected chi connectivity index (χ2v) is 4.61. The fraction of sp³-hybridized carbons (Fsp3) is 0.176. The number of hydrogen-bond acceptors (Lipinski definition) is 1. The van der Waals surface area contributed by atoms with E-state index in [0.29, 0.717) is 0 Å². The molecule has 0 aliphatic rings. The van der Waals surface area contributed by atoms with Crippen LogP contribution >= 0.6 is 0 Å². The van der Waals surface area contributed by atoms with E-state index in [2.05, 4.69) is 74.1 Å². The Labute approximate surface area is 109 Å². The summed E-state index contributed by atoms with van der Waals surface area (Å²) in [6.45, 7) is 3.96. The van der Waals surface area contributed by atoms with E-state index in [1.165, 1.54) is 16.8 Å². The highest BCUT2D eigenvalue weighted by molar-refractivity contribution is 5.48. The molecule has 0 fully saturated rings. The maximum atomic E-state index is 3.96. The number of benzene rings is 2. The molecule has 0 aliphatic heterocycles. The minimum atomic E-state index is 0.266. The first-order chi connectivity index (χ1) is 8.72. The van der Waals surface area contributed by atoms with E-state index in [1.54, 1.807) is 0 Å². The summed E-state index contributed by atoms with van der Waals surface area (Å²) in [7, 11) is 4.11. The minimum Gasteiger partial charge on any atom is -0.378 e. The maximum absolute atomic E-state index is 3.96. The maximum Gasteiger partial charge on any atom is 0.0361 e. The smallest absolute Gasteiger partial charge is 0.0361 e. The van der Waals surface area contributed by atoms with Crippen molar-refractivity contribution in [2.24, 2.45) is 0 Å². The summed E-state index contributed by atoms with van der Waals surface area (Å²) in [5.74, 6) is 0.266. The van der Waals surface area contributed by atoms with Gasteiger partial charge in [-0.25, -0.2) is 0 Å². The summed E-state index contributed by atoms with van der Waals surface area (Å²) in [5, 5.41) is 0. The van der Waals surface area contributed by atoms with Crippen molar-refractivity contribution in [1.82, 2.24) is 0 Å². The molecule has 18 heavy (non-hydrogen) atoms. The van der Waals surface area contributed by atoms with E-state index in [-0.39, 0.29) is 5.92 Å². The average molecular weight is 237 g/mol. The Morgan fingerprint density at radius 1 is 0.889 bits per heavy atom. The van der Waals surface area contributed by atoms with Crippen LogP contribution in [0.1, 0.15) is 17.0 Å². The first kappa shape index (κ1) is 12.4. The van der Waals surface area contributed by atoms with Gasteiger partial charge in [0.2, 0.25) is 0 Å². The molecule has 1 nitrogen and oxygen atoms in total. The fourth-order valence-corrected chi connectivity index (χ4v) is 2.10. The molecule has 0 saturated carbocycles. The van der Waals surface area contributed by atoms with Gasteiger partial charge in [-0.3, -0.25) is 0 Å². The third-order valence-electron chi connectivity index (χ3n) is 3.16. The standard InChI is InChI=1S/C17H19N/c1-4-17(14-8-6-5-7-9-14)15-10-12-16(13-11-15)18(2)3/h4-13,17H,1H2,2-3H3. The zero-order chi connectivity index (χ0) is 13.0. The SMILES string of the molecule is C=CC(c1ccccc1)c1ccc(N(C)C)cc1. The van der Waals surface area contributed by atoms with Crippen molar-refractivity contribution in [3.63, 3.8) is 0 Å². The molecule has 2 rings (SSSR count). The second-order valence-electron chi connectivity index (χ2n) is 4.61. The normalized spacial score (nSPS) is 11.9. The lowest BCUT2D eigenvalue weighted by Crippen LogP contribution is -2.08. The lowest BCUT2D eigenvalue weighted by molar-refractivity contribution is 1.02. The number of rotatable bonds is 4. The van der Waals surface area contributed by atoms with E-state index >= 15 is 0 Å². The van der Waals surface area contributed by atoms with Crippen molar-refractivity contribution in [1.29, 1.82) is 0 Å². The van der Waals surface area contributed by atoms with Crippen LogP contribution in [0.5, 0.6) is 0 Å². The van der Waals surface area contributed by atoms with Gasteiger partial charge >= 0.3 is 0 Å². The van der Waals surface area contributed by atoms with Crippen LogP contribution in [-0.4, -0.2) is 14.1 Å². The topological polar surface area (TPSA) is 3.24 Å². The number of anilines is 1. The molecule has 1 atom stereocenters. The first-order valence-electron chi connectivity index (χ1n) is 6.17. The Balaban J connectivity index is 2.31. The molecule has 0 radical (unpaired) electrons. The summed E-state index contributed by atoms with van der Waals surface area (Å²) < 4.78 is 0. The Morgan fingerprint density at radius 3 is 1.94 bits per heavy atom. The highest BCUT2D eigenvalue weighted by Gasteiger charge is 2.09. The molecule has 0 N–H and O–H groups in total. The van der Waals surface area contributed by atoms with Crippen LogP contribution < -0.4 is 4.90 Å². The Morgan fingerprint density at radius 2 is 1.44 bits per heavy atom. The van der Waals surface area contributed by atoms with E-state index in [9.17, 15) is 0 Å². The molecule has 0 saturated heterocycles. The van der Waals surface area contributed by atoms with Crippen molar-refractivity contribution in [3.8, 4) is 0 Å². The van der Waals surface area contributed by atoms with Crippen molar-refractivity contribution >= 4 is 5.69 Å². The van der Waals surface area contributed by atoms with E-state index in [4.69, 9.17) is 0 Å². The molecular formula is C17H19N. The zero-order valence-corrected chi connectivity index (χ0v) is 11.0. The molecule has 2 aromatic rings. The van der Waals surface area contributed by atoms with E-state index in [1.807, 2.05) is 12.1 Å². The molecule has 0 amide bonds. The van der Waals surface area contributed by atoms with Crippen LogP contribution in [0.2, 0.25) is 0 Å². The lowest BCUT2D eigenvalue weighted by Gasteiger charge is -2.16. The largest absolute Gasteiger partial charge is 0.378 e. The fourth-order valence-electron chi connectivity index (χ4n) is 2.10. The van der Waals surface area contributed by atoms with Crippen LogP contribution in [-0.2, 0) is 0 Å². The van der Waals surface area contributed by atoms with Crippen LogP contribution in [0.25, 0.3) is 0 Å². The van der Waals surface area contributed by atoms with Crippen molar-refractivity contribution in [2.75, 3.05) is 19.0 Å². The van der Waals surface area contributed by atoms with Gasteiger partial charge in [0.25, 0.3) is 0 Å². The van der Waals surface area contributed by atoms with Crippen molar-refractivity contribution < 1.29 is 0 Å². The molecule has 0 spiro atoms. The Kier molecular flexibility index (Phi) is 3.83. The summed E-state index contributed by atoms with van der Waals surface area (Å²) in [6.07, 6.45) is 2.00. The molecule has 1 unspecified atom stereocenters. The summed E-state index contributed by atoms with van der Waals surface area (Å²) in [6, 6.07) is 19.1. The summed E-state index contributed by atoms with van der Waals surface area (Å²) in [5.41, 5.74) is 3.78. The average Bonchev–Trinajstić information content (AvgIpc) is 2.41. The van der Waals surface area contributed by atoms with Gasteiger partial charge < -0.3 is 4.90 Å². The van der Waals surface area contributed by atoms with E-state index in [0.717, 1.165) is 0 Å². The third-order valence-corrected chi connectivity index (χ3v) is 3.16. The van der Waals surface area contributed by atoms with Gasteiger partial charge in [0, 0.05) is 25.7 Å². The number of allylic oxidation sites excluding steroid dienone is 1. The molecular weight excluding hydrogens is 218 g/mol. The van der Waals surface area contributed by atoms with Crippen molar-refractivity contribution in [2.45, 2.75) is 5.92 Å². The van der Waals surface area contributed by atoms with Gasteiger partial charge in [-0.1, -0.05) is 48.5 Å². The monoisotopic (exact) mass is 237 g/mol. The van der Waals surface area contributed by atoms with Crippen LogP contribution in [0.15, 0.2) is 67.3 Å². The van der Waals surface area contributed by atoms with Gasteiger partial charge in [-0.15, -0.1) is 6.58 Å². The van der Waals surface area contributed by atoms with Gasteiger partial charge in [0.05, 0.1) is 0 Å². The zero-order valence-electron chi connectivity index (χ0n) is 11.0. The first-order valence-corrected chi connectivity index (χ1v) is 6.17. The number of nitrogens with zero attached hydrogens (tertiary/aromatic N) is 1.